The Labute approximate surface area is 152 Å². The summed E-state index contributed by atoms with van der Waals surface area (Å²) in [5.41, 5.74) is 0.394. The molecule has 136 valence electrons. The van der Waals surface area contributed by atoms with Crippen molar-refractivity contribution < 1.29 is 9.34 Å². The third-order valence-corrected chi connectivity index (χ3v) is 4.38. The third kappa shape index (κ3) is 3.67. The molecule has 0 atom stereocenters. The van der Waals surface area contributed by atoms with Gasteiger partial charge in [0.05, 0.1) is 10.7 Å². The molecule has 2 aromatic heterocycles. The first-order valence-corrected chi connectivity index (χ1v) is 8.65. The molecule has 0 unspecified atom stereocenters. The van der Waals surface area contributed by atoms with E-state index in [0.29, 0.717) is 34.1 Å². The molecule has 0 saturated carbocycles. The highest BCUT2D eigenvalue weighted by molar-refractivity contribution is 7.98. The molecule has 11 heteroatoms. The number of nitro groups is 1. The van der Waals surface area contributed by atoms with Gasteiger partial charge in [0, 0.05) is 23.1 Å². The Morgan fingerprint density at radius 2 is 1.88 bits per heavy atom. The molecule has 0 fully saturated rings. The summed E-state index contributed by atoms with van der Waals surface area (Å²) in [7, 11) is 0. The van der Waals surface area contributed by atoms with Crippen LogP contribution in [0.25, 0.3) is 11.5 Å². The lowest BCUT2D eigenvalue weighted by atomic mass is 9.96. The maximum Gasteiger partial charge on any atom is 0.269 e. The van der Waals surface area contributed by atoms with Crippen molar-refractivity contribution in [2.75, 3.05) is 5.84 Å². The maximum atomic E-state index is 10.7. The molecule has 0 saturated heterocycles. The van der Waals surface area contributed by atoms with Crippen LogP contribution in [0.15, 0.2) is 33.8 Å². The van der Waals surface area contributed by atoms with Gasteiger partial charge in [-0.2, -0.15) is 0 Å². The predicted molar refractivity (Wildman–Crippen MR) is 94.8 cm³/mol. The van der Waals surface area contributed by atoms with Crippen LogP contribution in [0.1, 0.15) is 32.5 Å². The largest absolute Gasteiger partial charge is 0.420 e. The second kappa shape index (κ2) is 6.75. The molecule has 3 rings (SSSR count). The van der Waals surface area contributed by atoms with Crippen LogP contribution < -0.4 is 5.84 Å². The van der Waals surface area contributed by atoms with Gasteiger partial charge >= 0.3 is 0 Å². The zero-order valence-electron chi connectivity index (χ0n) is 14.4. The van der Waals surface area contributed by atoms with Crippen molar-refractivity contribution in [3.8, 4) is 11.5 Å². The van der Waals surface area contributed by atoms with Gasteiger partial charge in [-0.05, 0) is 12.1 Å². The molecule has 0 spiro atoms. The van der Waals surface area contributed by atoms with E-state index >= 15 is 0 Å². The van der Waals surface area contributed by atoms with Gasteiger partial charge < -0.3 is 10.3 Å². The molecular formula is C15H17N7O3S. The molecular weight excluding hydrogens is 358 g/mol. The minimum atomic E-state index is -0.464. The van der Waals surface area contributed by atoms with Gasteiger partial charge in [-0.3, -0.25) is 10.1 Å². The van der Waals surface area contributed by atoms with E-state index < -0.39 is 4.92 Å². The fourth-order valence-electron chi connectivity index (χ4n) is 2.17. The number of thioether (sulfide) groups is 1. The average Bonchev–Trinajstić information content (AvgIpc) is 3.19. The maximum absolute atomic E-state index is 10.7. The van der Waals surface area contributed by atoms with Gasteiger partial charge in [-0.15, -0.1) is 20.4 Å². The van der Waals surface area contributed by atoms with E-state index in [1.54, 1.807) is 12.1 Å². The van der Waals surface area contributed by atoms with Gasteiger partial charge in [0.15, 0.2) is 5.82 Å². The van der Waals surface area contributed by atoms with Gasteiger partial charge in [-0.25, -0.2) is 4.68 Å². The summed E-state index contributed by atoms with van der Waals surface area (Å²) in [5.74, 6) is 7.77. The Balaban J connectivity index is 1.69. The predicted octanol–water partition coefficient (Wildman–Crippen LogP) is 2.54. The molecule has 3 aromatic rings. The summed E-state index contributed by atoms with van der Waals surface area (Å²) in [4.78, 5) is 10.2. The summed E-state index contributed by atoms with van der Waals surface area (Å²) in [6.07, 6.45) is 0. The Bertz CT molecular complexity index is 928. The summed E-state index contributed by atoms with van der Waals surface area (Å²) in [6.45, 7) is 6.01. The fraction of sp³-hybridized carbons (Fsp3) is 0.333. The van der Waals surface area contributed by atoms with Crippen LogP contribution in [0.5, 0.6) is 0 Å². The van der Waals surface area contributed by atoms with Gasteiger partial charge in [0.2, 0.25) is 16.9 Å². The quantitative estimate of drug-likeness (QED) is 0.308. The Morgan fingerprint density at radius 3 is 2.46 bits per heavy atom. The van der Waals surface area contributed by atoms with Gasteiger partial charge in [0.25, 0.3) is 5.69 Å². The van der Waals surface area contributed by atoms with Gasteiger partial charge in [0.1, 0.15) is 0 Å². The van der Waals surface area contributed by atoms with Gasteiger partial charge in [-0.1, -0.05) is 32.5 Å². The minimum absolute atomic E-state index is 0.000906. The zero-order chi connectivity index (χ0) is 18.9. The molecule has 0 radical (unpaired) electrons. The molecule has 1 aromatic carbocycles. The summed E-state index contributed by atoms with van der Waals surface area (Å²) in [5, 5.41) is 27.4. The molecule has 26 heavy (non-hydrogen) atoms. The highest BCUT2D eigenvalue weighted by Gasteiger charge is 2.23. The molecule has 0 aliphatic heterocycles. The first kappa shape index (κ1) is 17.9. The lowest BCUT2D eigenvalue weighted by molar-refractivity contribution is -0.384. The summed E-state index contributed by atoms with van der Waals surface area (Å²) >= 11 is 1.33. The zero-order valence-corrected chi connectivity index (χ0v) is 15.2. The highest BCUT2D eigenvalue weighted by Crippen LogP contribution is 2.26. The molecule has 0 aliphatic rings. The lowest BCUT2D eigenvalue weighted by Crippen LogP contribution is -2.24. The summed E-state index contributed by atoms with van der Waals surface area (Å²) < 4.78 is 7.05. The van der Waals surface area contributed by atoms with E-state index in [1.807, 2.05) is 20.8 Å². The molecule has 10 nitrogen and oxygen atoms in total. The number of aromatic nitrogens is 5. The van der Waals surface area contributed by atoms with Crippen molar-refractivity contribution in [2.45, 2.75) is 37.1 Å². The van der Waals surface area contributed by atoms with Crippen LogP contribution in [0, 0.1) is 10.1 Å². The van der Waals surface area contributed by atoms with Crippen molar-refractivity contribution in [1.82, 2.24) is 25.1 Å². The van der Waals surface area contributed by atoms with Crippen LogP contribution in [0.4, 0.5) is 5.69 Å². The number of non-ortho nitro benzene ring substituents is 1. The monoisotopic (exact) mass is 375 g/mol. The van der Waals surface area contributed by atoms with E-state index in [2.05, 4.69) is 20.4 Å². The normalized spacial score (nSPS) is 11.7. The standard InChI is InChI=1S/C15H17N7O3S/c1-15(2,3)13-19-20-14(21(13)16)26-8-11-17-18-12(25-11)9-4-6-10(7-5-9)22(23)24/h4-7H,8,16H2,1-3H3. The smallest absolute Gasteiger partial charge is 0.269 e. The van der Waals surface area contributed by atoms with E-state index in [9.17, 15) is 10.1 Å². The van der Waals surface area contributed by atoms with Crippen LogP contribution in [0.2, 0.25) is 0 Å². The highest BCUT2D eigenvalue weighted by atomic mass is 32.2. The summed E-state index contributed by atoms with van der Waals surface area (Å²) in [6, 6.07) is 5.90. The minimum Gasteiger partial charge on any atom is -0.420 e. The number of rotatable bonds is 5. The number of nitrogens with two attached hydrogens (primary N) is 1. The second-order valence-corrected chi connectivity index (χ2v) is 7.46. The first-order valence-electron chi connectivity index (χ1n) is 7.66. The van der Waals surface area contributed by atoms with Crippen LogP contribution in [0.3, 0.4) is 0 Å². The SMILES string of the molecule is CC(C)(C)c1nnc(SCc2nnc(-c3ccc([N+](=O)[O-])cc3)o2)n1N. The van der Waals surface area contributed by atoms with Crippen molar-refractivity contribution in [1.29, 1.82) is 0 Å². The fourth-order valence-corrected chi connectivity index (χ4v) is 2.86. The van der Waals surface area contributed by atoms with Crippen LogP contribution in [-0.4, -0.2) is 30.0 Å². The number of hydrogen-bond acceptors (Lipinski definition) is 9. The van der Waals surface area contributed by atoms with E-state index in [4.69, 9.17) is 10.3 Å². The van der Waals surface area contributed by atoms with E-state index in [0.717, 1.165) is 0 Å². The first-order chi connectivity index (χ1) is 12.3. The number of nitrogen functional groups attached to an aromatic ring is 1. The molecule has 2 heterocycles. The van der Waals surface area contributed by atoms with Crippen molar-refractivity contribution in [2.24, 2.45) is 0 Å². The Morgan fingerprint density at radius 1 is 1.19 bits per heavy atom. The number of benzene rings is 1. The lowest BCUT2D eigenvalue weighted by Gasteiger charge is -2.16. The van der Waals surface area contributed by atoms with Crippen molar-refractivity contribution in [3.05, 3.63) is 46.1 Å². The van der Waals surface area contributed by atoms with Crippen molar-refractivity contribution in [3.63, 3.8) is 0 Å². The molecule has 2 N–H and O–H groups in total. The molecule has 0 amide bonds. The number of hydrogen-bond donors (Lipinski definition) is 1. The Kier molecular flexibility index (Phi) is 4.64. The van der Waals surface area contributed by atoms with E-state index in [1.165, 1.54) is 28.6 Å². The van der Waals surface area contributed by atoms with Crippen molar-refractivity contribution >= 4 is 17.4 Å². The molecule has 0 bridgehead atoms. The third-order valence-electron chi connectivity index (χ3n) is 3.45. The molecule has 0 aliphatic carbocycles. The average molecular weight is 375 g/mol. The number of nitro benzene ring substituents is 1. The van der Waals surface area contributed by atoms with Crippen LogP contribution >= 0.6 is 11.8 Å². The second-order valence-electron chi connectivity index (χ2n) is 6.52. The topological polar surface area (TPSA) is 139 Å². The Hall–Kier alpha value is -2.95. The van der Waals surface area contributed by atoms with E-state index in [-0.39, 0.29) is 11.1 Å². The van der Waals surface area contributed by atoms with Crippen LogP contribution in [-0.2, 0) is 11.2 Å². The number of nitrogens with zero attached hydrogens (tertiary/aromatic N) is 6.